The summed E-state index contributed by atoms with van der Waals surface area (Å²) in [5.74, 6) is 0.0839. The third kappa shape index (κ3) is 3.78. The van der Waals surface area contributed by atoms with Crippen molar-refractivity contribution in [3.8, 4) is 5.69 Å². The molecule has 2 rings (SSSR count). The van der Waals surface area contributed by atoms with E-state index in [4.69, 9.17) is 11.6 Å². The van der Waals surface area contributed by atoms with Crippen LogP contribution >= 0.6 is 23.4 Å². The number of hydrogen-bond acceptors (Lipinski definition) is 5. The van der Waals surface area contributed by atoms with Gasteiger partial charge < -0.3 is 4.90 Å². The van der Waals surface area contributed by atoms with Gasteiger partial charge in [0.05, 0.1) is 10.9 Å². The Morgan fingerprint density at radius 1 is 1.32 bits per heavy atom. The van der Waals surface area contributed by atoms with Crippen molar-refractivity contribution in [2.75, 3.05) is 13.1 Å². The Morgan fingerprint density at radius 2 is 1.95 bits per heavy atom. The van der Waals surface area contributed by atoms with Gasteiger partial charge in [-0.3, -0.25) is 4.79 Å². The zero-order valence-corrected chi connectivity index (χ0v) is 14.3. The van der Waals surface area contributed by atoms with Crippen LogP contribution in [0, 0.1) is 0 Å². The number of carbonyl (C=O) groups excluding carboxylic acids is 1. The highest BCUT2D eigenvalue weighted by Gasteiger charge is 2.22. The maximum atomic E-state index is 12.3. The molecular weight excluding hydrogens is 322 g/mol. The van der Waals surface area contributed by atoms with Crippen molar-refractivity contribution < 1.29 is 4.79 Å². The Balaban J connectivity index is 2.16. The second-order valence-electron chi connectivity index (χ2n) is 4.62. The molecule has 1 atom stereocenters. The molecule has 8 heteroatoms. The monoisotopic (exact) mass is 339 g/mol. The van der Waals surface area contributed by atoms with E-state index in [9.17, 15) is 4.79 Å². The molecule has 0 fully saturated rings. The number of amides is 1. The van der Waals surface area contributed by atoms with Crippen LogP contribution in [0.1, 0.15) is 20.8 Å². The number of tetrazole rings is 1. The fraction of sp³-hybridized carbons (Fsp3) is 0.429. The molecule has 6 nitrogen and oxygen atoms in total. The molecule has 0 aliphatic carbocycles. The van der Waals surface area contributed by atoms with E-state index < -0.39 is 0 Å². The van der Waals surface area contributed by atoms with Gasteiger partial charge in [0.1, 0.15) is 0 Å². The van der Waals surface area contributed by atoms with E-state index in [-0.39, 0.29) is 11.2 Å². The summed E-state index contributed by atoms with van der Waals surface area (Å²) in [5.41, 5.74) is 0.805. The average molecular weight is 340 g/mol. The summed E-state index contributed by atoms with van der Waals surface area (Å²) in [6, 6.07) is 7.22. The highest BCUT2D eigenvalue weighted by Crippen LogP contribution is 2.24. The summed E-state index contributed by atoms with van der Waals surface area (Å²) in [7, 11) is 0. The van der Waals surface area contributed by atoms with Crippen LogP contribution in [-0.4, -0.2) is 49.4 Å². The highest BCUT2D eigenvalue weighted by atomic mass is 35.5. The Hall–Kier alpha value is -1.60. The summed E-state index contributed by atoms with van der Waals surface area (Å²) in [4.78, 5) is 14.1. The summed E-state index contributed by atoms with van der Waals surface area (Å²) in [6.45, 7) is 7.20. The highest BCUT2D eigenvalue weighted by molar-refractivity contribution is 8.00. The van der Waals surface area contributed by atoms with Crippen LogP contribution < -0.4 is 0 Å². The van der Waals surface area contributed by atoms with E-state index in [1.165, 1.54) is 11.8 Å². The van der Waals surface area contributed by atoms with E-state index >= 15 is 0 Å². The molecule has 1 aromatic heterocycles. The minimum atomic E-state index is -0.253. The van der Waals surface area contributed by atoms with Crippen LogP contribution in [-0.2, 0) is 4.79 Å². The Morgan fingerprint density at radius 3 is 2.55 bits per heavy atom. The predicted octanol–water partition coefficient (Wildman–Crippen LogP) is 2.66. The van der Waals surface area contributed by atoms with Crippen LogP contribution in [0.25, 0.3) is 5.69 Å². The van der Waals surface area contributed by atoms with Crippen LogP contribution in [0.2, 0.25) is 5.02 Å². The van der Waals surface area contributed by atoms with Gasteiger partial charge in [0, 0.05) is 18.1 Å². The van der Waals surface area contributed by atoms with Gasteiger partial charge in [0.25, 0.3) is 0 Å². The first-order valence-electron chi connectivity index (χ1n) is 7.06. The summed E-state index contributed by atoms with van der Waals surface area (Å²) in [5, 5.41) is 12.7. The van der Waals surface area contributed by atoms with Crippen molar-refractivity contribution in [3.63, 3.8) is 0 Å². The van der Waals surface area contributed by atoms with Gasteiger partial charge in [-0.25, -0.2) is 0 Å². The second kappa shape index (κ2) is 7.60. The number of aromatic nitrogens is 4. The Bertz CT molecular complexity index is 626. The second-order valence-corrected chi connectivity index (χ2v) is 6.36. The number of nitrogens with zero attached hydrogens (tertiary/aromatic N) is 5. The molecular formula is C14H18ClN5OS. The molecule has 0 aliphatic rings. The zero-order chi connectivity index (χ0) is 16.1. The topological polar surface area (TPSA) is 63.9 Å². The first kappa shape index (κ1) is 16.8. The number of halogens is 1. The summed E-state index contributed by atoms with van der Waals surface area (Å²) in [6.07, 6.45) is 0. The van der Waals surface area contributed by atoms with Gasteiger partial charge in [0.2, 0.25) is 11.1 Å². The molecule has 0 N–H and O–H groups in total. The Kier molecular flexibility index (Phi) is 5.79. The van der Waals surface area contributed by atoms with Crippen molar-refractivity contribution in [1.29, 1.82) is 0 Å². The molecule has 1 heterocycles. The normalized spacial score (nSPS) is 12.2. The third-order valence-corrected chi connectivity index (χ3v) is 4.49. The first-order chi connectivity index (χ1) is 10.6. The molecule has 0 saturated carbocycles. The van der Waals surface area contributed by atoms with E-state index in [1.54, 1.807) is 21.7 Å². The number of hydrogen-bond donors (Lipinski definition) is 0. The van der Waals surface area contributed by atoms with Crippen LogP contribution in [0.3, 0.4) is 0 Å². The van der Waals surface area contributed by atoms with Gasteiger partial charge in [-0.05, 0) is 55.5 Å². The lowest BCUT2D eigenvalue weighted by atomic mass is 10.3. The van der Waals surface area contributed by atoms with Crippen LogP contribution in [0.5, 0.6) is 0 Å². The third-order valence-electron chi connectivity index (χ3n) is 3.22. The molecule has 0 radical (unpaired) electrons. The van der Waals surface area contributed by atoms with Crippen LogP contribution in [0.15, 0.2) is 29.4 Å². The first-order valence-corrected chi connectivity index (χ1v) is 8.32. The lowest BCUT2D eigenvalue weighted by Crippen LogP contribution is -2.36. The van der Waals surface area contributed by atoms with Gasteiger partial charge in [-0.1, -0.05) is 23.4 Å². The van der Waals surface area contributed by atoms with E-state index in [1.807, 2.05) is 32.9 Å². The van der Waals surface area contributed by atoms with Crippen LogP contribution in [0.4, 0.5) is 0 Å². The molecule has 2 aromatic rings. The quantitative estimate of drug-likeness (QED) is 0.757. The molecule has 1 amide bonds. The molecule has 1 unspecified atom stereocenters. The van der Waals surface area contributed by atoms with Crippen molar-refractivity contribution >= 4 is 29.3 Å². The molecule has 0 spiro atoms. The van der Waals surface area contributed by atoms with Gasteiger partial charge >= 0.3 is 0 Å². The van der Waals surface area contributed by atoms with Gasteiger partial charge in [-0.15, -0.1) is 5.10 Å². The molecule has 0 bridgehead atoms. The number of rotatable bonds is 6. The summed E-state index contributed by atoms with van der Waals surface area (Å²) < 4.78 is 1.60. The molecule has 0 aliphatic heterocycles. The Labute approximate surface area is 138 Å². The number of benzene rings is 1. The zero-order valence-electron chi connectivity index (χ0n) is 12.7. The molecule has 118 valence electrons. The molecule has 0 saturated heterocycles. The minimum absolute atomic E-state index is 0.0839. The van der Waals surface area contributed by atoms with E-state index in [0.29, 0.717) is 23.3 Å². The van der Waals surface area contributed by atoms with Crippen molar-refractivity contribution in [2.45, 2.75) is 31.2 Å². The van der Waals surface area contributed by atoms with Gasteiger partial charge in [-0.2, -0.15) is 4.68 Å². The summed E-state index contributed by atoms with van der Waals surface area (Å²) >= 11 is 7.23. The van der Waals surface area contributed by atoms with E-state index in [0.717, 1.165) is 5.69 Å². The minimum Gasteiger partial charge on any atom is -0.342 e. The number of carbonyl (C=O) groups is 1. The smallest absolute Gasteiger partial charge is 0.235 e. The van der Waals surface area contributed by atoms with E-state index in [2.05, 4.69) is 15.5 Å². The van der Waals surface area contributed by atoms with Crippen molar-refractivity contribution in [3.05, 3.63) is 29.3 Å². The maximum absolute atomic E-state index is 12.3. The number of thioether (sulfide) groups is 1. The van der Waals surface area contributed by atoms with Crippen molar-refractivity contribution in [1.82, 2.24) is 25.1 Å². The predicted molar refractivity (Wildman–Crippen MR) is 87.4 cm³/mol. The fourth-order valence-electron chi connectivity index (χ4n) is 2.00. The standard InChI is InChI=1S/C14H18ClN5OS/c1-4-19(5-2)13(21)10(3)22-14-16-17-18-20(14)12-8-6-11(15)7-9-12/h6-10H,4-5H2,1-3H3. The lowest BCUT2D eigenvalue weighted by molar-refractivity contribution is -0.129. The largest absolute Gasteiger partial charge is 0.342 e. The average Bonchev–Trinajstić information content (AvgIpc) is 2.97. The molecule has 22 heavy (non-hydrogen) atoms. The molecule has 1 aromatic carbocycles. The van der Waals surface area contributed by atoms with Crippen molar-refractivity contribution in [2.24, 2.45) is 0 Å². The van der Waals surface area contributed by atoms with Gasteiger partial charge in [0.15, 0.2) is 0 Å². The fourth-order valence-corrected chi connectivity index (χ4v) is 3.02. The maximum Gasteiger partial charge on any atom is 0.235 e. The SMILES string of the molecule is CCN(CC)C(=O)C(C)Sc1nnnn1-c1ccc(Cl)cc1. The lowest BCUT2D eigenvalue weighted by Gasteiger charge is -2.22.